The minimum atomic E-state index is -0.966. The molecule has 0 aliphatic carbocycles. The van der Waals surface area contributed by atoms with Crippen LogP contribution in [0.25, 0.3) is 0 Å². The smallest absolute Gasteiger partial charge is 0.308 e. The van der Waals surface area contributed by atoms with Gasteiger partial charge in [-0.25, -0.2) is 0 Å². The largest absolute Gasteiger partial charge is 0.481 e. The SMILES string of the molecule is Cc1ccc([C@@H](NC(=O)Cc2ccc(Cn3ccccc3=O)cc2)[C@@H](C)C(=O)O)cc1. The first-order chi connectivity index (χ1) is 14.8. The van der Waals surface area contributed by atoms with Crippen molar-refractivity contribution in [2.45, 2.75) is 32.9 Å². The third-order valence-electron chi connectivity index (χ3n) is 5.28. The van der Waals surface area contributed by atoms with Gasteiger partial charge in [-0.2, -0.15) is 0 Å². The number of pyridine rings is 1. The number of rotatable bonds is 8. The van der Waals surface area contributed by atoms with Gasteiger partial charge in [0.15, 0.2) is 0 Å². The number of aromatic nitrogens is 1. The molecular weight excluding hydrogens is 392 g/mol. The molecule has 0 radical (unpaired) electrons. The van der Waals surface area contributed by atoms with Gasteiger partial charge in [-0.15, -0.1) is 0 Å². The van der Waals surface area contributed by atoms with Crippen LogP contribution in [-0.4, -0.2) is 21.6 Å². The average molecular weight is 418 g/mol. The number of benzene rings is 2. The van der Waals surface area contributed by atoms with Crippen molar-refractivity contribution in [3.63, 3.8) is 0 Å². The molecule has 1 heterocycles. The monoisotopic (exact) mass is 418 g/mol. The second kappa shape index (κ2) is 9.89. The van der Waals surface area contributed by atoms with Crippen LogP contribution >= 0.6 is 0 Å². The Morgan fingerprint density at radius 2 is 1.61 bits per heavy atom. The molecule has 0 aliphatic rings. The molecule has 6 nitrogen and oxygen atoms in total. The van der Waals surface area contributed by atoms with Gasteiger partial charge in [0.05, 0.1) is 24.9 Å². The van der Waals surface area contributed by atoms with Crippen molar-refractivity contribution in [3.8, 4) is 0 Å². The summed E-state index contributed by atoms with van der Waals surface area (Å²) in [5.41, 5.74) is 3.52. The fourth-order valence-electron chi connectivity index (χ4n) is 3.37. The molecule has 0 spiro atoms. The topological polar surface area (TPSA) is 88.4 Å². The Hall–Kier alpha value is -3.67. The highest BCUT2D eigenvalue weighted by Gasteiger charge is 2.26. The summed E-state index contributed by atoms with van der Waals surface area (Å²) < 4.78 is 1.61. The van der Waals surface area contributed by atoms with Crippen LogP contribution in [0.4, 0.5) is 0 Å². The molecule has 2 atom stereocenters. The first-order valence-corrected chi connectivity index (χ1v) is 10.2. The minimum Gasteiger partial charge on any atom is -0.481 e. The Balaban J connectivity index is 1.67. The number of aryl methyl sites for hydroxylation is 1. The van der Waals surface area contributed by atoms with Gasteiger partial charge in [0.1, 0.15) is 0 Å². The molecule has 1 amide bonds. The summed E-state index contributed by atoms with van der Waals surface area (Å²) in [4.78, 5) is 36.1. The molecule has 0 saturated heterocycles. The van der Waals surface area contributed by atoms with Crippen molar-refractivity contribution in [1.82, 2.24) is 9.88 Å². The van der Waals surface area contributed by atoms with Crippen molar-refractivity contribution >= 4 is 11.9 Å². The molecule has 0 saturated carbocycles. The van der Waals surface area contributed by atoms with E-state index in [2.05, 4.69) is 5.32 Å². The molecule has 3 rings (SSSR count). The highest BCUT2D eigenvalue weighted by atomic mass is 16.4. The van der Waals surface area contributed by atoms with Gasteiger partial charge in [0.25, 0.3) is 5.56 Å². The van der Waals surface area contributed by atoms with E-state index >= 15 is 0 Å². The van der Waals surface area contributed by atoms with E-state index in [-0.39, 0.29) is 17.9 Å². The maximum Gasteiger partial charge on any atom is 0.308 e. The predicted molar refractivity (Wildman–Crippen MR) is 119 cm³/mol. The van der Waals surface area contributed by atoms with Crippen LogP contribution < -0.4 is 10.9 Å². The van der Waals surface area contributed by atoms with E-state index in [1.165, 1.54) is 6.07 Å². The van der Waals surface area contributed by atoms with Crippen molar-refractivity contribution in [3.05, 3.63) is 106 Å². The molecule has 3 aromatic rings. The molecule has 1 aromatic heterocycles. The molecule has 0 fully saturated rings. The Morgan fingerprint density at radius 1 is 0.968 bits per heavy atom. The summed E-state index contributed by atoms with van der Waals surface area (Å²) in [5, 5.41) is 12.3. The van der Waals surface area contributed by atoms with Crippen LogP contribution in [0.5, 0.6) is 0 Å². The lowest BCUT2D eigenvalue weighted by atomic mass is 9.93. The lowest BCUT2D eigenvalue weighted by Gasteiger charge is -2.23. The van der Waals surface area contributed by atoms with E-state index in [1.807, 2.05) is 61.5 Å². The van der Waals surface area contributed by atoms with E-state index in [1.54, 1.807) is 23.8 Å². The van der Waals surface area contributed by atoms with E-state index in [9.17, 15) is 19.5 Å². The quantitative estimate of drug-likeness (QED) is 0.587. The molecule has 31 heavy (non-hydrogen) atoms. The van der Waals surface area contributed by atoms with E-state index < -0.39 is 17.9 Å². The number of carboxylic acid groups (broad SMARTS) is 1. The molecule has 2 N–H and O–H groups in total. The van der Waals surface area contributed by atoms with Crippen molar-refractivity contribution in [1.29, 1.82) is 0 Å². The summed E-state index contributed by atoms with van der Waals surface area (Å²) in [5.74, 6) is -1.98. The Labute approximate surface area is 181 Å². The molecule has 160 valence electrons. The molecule has 2 aromatic carbocycles. The number of hydrogen-bond acceptors (Lipinski definition) is 3. The standard InChI is InChI=1S/C25H26N2O4/c1-17-6-12-21(13-7-17)24(18(2)25(30)31)26-22(28)15-19-8-10-20(11-9-19)16-27-14-4-3-5-23(27)29/h3-14,18,24H,15-16H2,1-2H3,(H,26,28)(H,30,31)/t18-,24+/m1/s1. The lowest BCUT2D eigenvalue weighted by molar-refractivity contribution is -0.142. The van der Waals surface area contributed by atoms with Gasteiger partial charge >= 0.3 is 5.97 Å². The van der Waals surface area contributed by atoms with Crippen molar-refractivity contribution < 1.29 is 14.7 Å². The summed E-state index contributed by atoms with van der Waals surface area (Å²) >= 11 is 0. The molecule has 0 aliphatic heterocycles. The number of nitrogens with one attached hydrogen (secondary N) is 1. The van der Waals surface area contributed by atoms with Gasteiger partial charge in [-0.1, -0.05) is 60.2 Å². The second-order valence-corrected chi connectivity index (χ2v) is 7.74. The predicted octanol–water partition coefficient (Wildman–Crippen LogP) is 3.33. The summed E-state index contributed by atoms with van der Waals surface area (Å²) in [6.45, 7) is 4.00. The maximum absolute atomic E-state index is 12.7. The fraction of sp³-hybridized carbons (Fsp3) is 0.240. The van der Waals surface area contributed by atoms with Crippen LogP contribution in [0, 0.1) is 12.8 Å². The lowest BCUT2D eigenvalue weighted by Crippen LogP contribution is -2.36. The first-order valence-electron chi connectivity index (χ1n) is 10.2. The first kappa shape index (κ1) is 22.0. The van der Waals surface area contributed by atoms with Crippen LogP contribution in [0.2, 0.25) is 0 Å². The number of carboxylic acids is 1. The summed E-state index contributed by atoms with van der Waals surface area (Å²) in [6.07, 6.45) is 1.87. The zero-order chi connectivity index (χ0) is 22.4. The maximum atomic E-state index is 12.7. The summed E-state index contributed by atoms with van der Waals surface area (Å²) in [6, 6.07) is 19.4. The van der Waals surface area contributed by atoms with Crippen LogP contribution in [-0.2, 0) is 22.6 Å². The number of hydrogen-bond donors (Lipinski definition) is 2. The number of carbonyl (C=O) groups is 2. The minimum absolute atomic E-state index is 0.0688. The van der Waals surface area contributed by atoms with Crippen LogP contribution in [0.15, 0.2) is 77.7 Å². The van der Waals surface area contributed by atoms with Crippen LogP contribution in [0.1, 0.15) is 35.2 Å². The van der Waals surface area contributed by atoms with E-state index in [0.29, 0.717) is 6.54 Å². The molecule has 6 heteroatoms. The summed E-state index contributed by atoms with van der Waals surface area (Å²) in [7, 11) is 0. The number of amides is 1. The number of aliphatic carboxylic acids is 1. The number of carbonyl (C=O) groups excluding carboxylic acids is 1. The Kier molecular flexibility index (Phi) is 7.03. The normalized spacial score (nSPS) is 12.7. The van der Waals surface area contributed by atoms with Gasteiger partial charge in [-0.3, -0.25) is 14.4 Å². The molecule has 0 bridgehead atoms. The van der Waals surface area contributed by atoms with Crippen molar-refractivity contribution in [2.75, 3.05) is 0 Å². The van der Waals surface area contributed by atoms with E-state index in [4.69, 9.17) is 0 Å². The van der Waals surface area contributed by atoms with Gasteiger partial charge in [0.2, 0.25) is 5.91 Å². The van der Waals surface area contributed by atoms with E-state index in [0.717, 1.165) is 22.3 Å². The van der Waals surface area contributed by atoms with Gasteiger partial charge in [0, 0.05) is 12.3 Å². The average Bonchev–Trinajstić information content (AvgIpc) is 2.75. The zero-order valence-electron chi connectivity index (χ0n) is 17.6. The third-order valence-corrected chi connectivity index (χ3v) is 5.28. The van der Waals surface area contributed by atoms with Gasteiger partial charge < -0.3 is 15.0 Å². The fourth-order valence-corrected chi connectivity index (χ4v) is 3.37. The second-order valence-electron chi connectivity index (χ2n) is 7.74. The van der Waals surface area contributed by atoms with Crippen molar-refractivity contribution in [2.24, 2.45) is 5.92 Å². The highest BCUT2D eigenvalue weighted by molar-refractivity contribution is 5.80. The van der Waals surface area contributed by atoms with Gasteiger partial charge in [-0.05, 0) is 36.6 Å². The molecular formula is C25H26N2O4. The Bertz CT molecular complexity index is 1100. The molecule has 0 unspecified atom stereocenters. The number of nitrogens with zero attached hydrogens (tertiary/aromatic N) is 1. The Morgan fingerprint density at radius 3 is 2.23 bits per heavy atom. The third kappa shape index (κ3) is 5.92. The zero-order valence-corrected chi connectivity index (χ0v) is 17.6. The van der Waals surface area contributed by atoms with Crippen LogP contribution in [0.3, 0.4) is 0 Å². The highest BCUT2D eigenvalue weighted by Crippen LogP contribution is 2.23.